The van der Waals surface area contributed by atoms with Crippen LogP contribution in [0, 0.1) is 0 Å². The Morgan fingerprint density at radius 2 is 1.92 bits per heavy atom. The largest absolute Gasteiger partial charge is 0.391 e. The van der Waals surface area contributed by atoms with E-state index in [1.165, 1.54) is 0 Å². The molecule has 0 spiro atoms. The second kappa shape index (κ2) is 6.49. The molecule has 1 aromatic heterocycles. The maximum atomic E-state index is 12.9. The summed E-state index contributed by atoms with van der Waals surface area (Å²) in [6.45, 7) is 3.13. The minimum atomic E-state index is -0.198. The van der Waals surface area contributed by atoms with E-state index in [0.29, 0.717) is 0 Å². The van der Waals surface area contributed by atoms with Gasteiger partial charge in [0.2, 0.25) is 0 Å². The third-order valence-electron chi connectivity index (χ3n) is 5.39. The first-order valence-corrected chi connectivity index (χ1v) is 8.79. The lowest BCUT2D eigenvalue weighted by Gasteiger charge is -2.39. The van der Waals surface area contributed by atoms with Gasteiger partial charge in [0.25, 0.3) is 5.91 Å². The SMILES string of the molecule is O=C(c1cccc2ncccc12)N1CCN([C@H]2CCC[C@H]2O)CC1. The lowest BCUT2D eigenvalue weighted by Crippen LogP contribution is -2.53. The van der Waals surface area contributed by atoms with E-state index in [4.69, 9.17) is 0 Å². The smallest absolute Gasteiger partial charge is 0.254 e. The van der Waals surface area contributed by atoms with Gasteiger partial charge in [-0.2, -0.15) is 0 Å². The van der Waals surface area contributed by atoms with Crippen molar-refractivity contribution in [2.45, 2.75) is 31.4 Å². The number of hydrogen-bond acceptors (Lipinski definition) is 4. The number of nitrogens with zero attached hydrogens (tertiary/aromatic N) is 3. The fourth-order valence-electron chi connectivity index (χ4n) is 4.06. The molecule has 0 bridgehead atoms. The van der Waals surface area contributed by atoms with Crippen molar-refractivity contribution < 1.29 is 9.90 Å². The van der Waals surface area contributed by atoms with Gasteiger partial charge in [-0.15, -0.1) is 0 Å². The Morgan fingerprint density at radius 3 is 2.67 bits per heavy atom. The molecule has 4 rings (SSSR count). The molecule has 2 heterocycles. The predicted molar refractivity (Wildman–Crippen MR) is 92.9 cm³/mol. The average molecular weight is 325 g/mol. The normalized spacial score (nSPS) is 25.3. The molecule has 1 aliphatic heterocycles. The Hall–Kier alpha value is -1.98. The summed E-state index contributed by atoms with van der Waals surface area (Å²) in [4.78, 5) is 21.6. The van der Waals surface area contributed by atoms with Gasteiger partial charge in [-0.3, -0.25) is 14.7 Å². The van der Waals surface area contributed by atoms with Crippen molar-refractivity contribution in [2.24, 2.45) is 0 Å². The van der Waals surface area contributed by atoms with Crippen molar-refractivity contribution in [2.75, 3.05) is 26.2 Å². The Morgan fingerprint density at radius 1 is 1.08 bits per heavy atom. The average Bonchev–Trinajstić information content (AvgIpc) is 3.07. The van der Waals surface area contributed by atoms with E-state index in [1.807, 2.05) is 35.2 Å². The van der Waals surface area contributed by atoms with Gasteiger partial charge < -0.3 is 10.0 Å². The Labute approximate surface area is 141 Å². The Bertz CT molecular complexity index is 735. The molecule has 2 atom stereocenters. The Kier molecular flexibility index (Phi) is 4.21. The van der Waals surface area contributed by atoms with E-state index >= 15 is 0 Å². The highest BCUT2D eigenvalue weighted by Gasteiger charge is 2.33. The molecular weight excluding hydrogens is 302 g/mol. The van der Waals surface area contributed by atoms with Crippen LogP contribution in [-0.4, -0.2) is 64.1 Å². The number of pyridine rings is 1. The molecule has 5 nitrogen and oxygen atoms in total. The van der Waals surface area contributed by atoms with Crippen LogP contribution in [0.25, 0.3) is 10.9 Å². The number of hydrogen-bond donors (Lipinski definition) is 1. The first-order valence-electron chi connectivity index (χ1n) is 8.79. The minimum absolute atomic E-state index is 0.0835. The summed E-state index contributed by atoms with van der Waals surface area (Å²) in [6, 6.07) is 9.83. The number of fused-ring (bicyclic) bond motifs is 1. The van der Waals surface area contributed by atoms with Gasteiger partial charge in [-0.05, 0) is 37.5 Å². The van der Waals surface area contributed by atoms with Crippen molar-refractivity contribution in [1.29, 1.82) is 0 Å². The molecule has 1 aliphatic carbocycles. The van der Waals surface area contributed by atoms with Gasteiger partial charge in [-0.1, -0.05) is 12.1 Å². The fourth-order valence-corrected chi connectivity index (χ4v) is 4.06. The quantitative estimate of drug-likeness (QED) is 0.916. The highest BCUT2D eigenvalue weighted by molar-refractivity contribution is 6.06. The highest BCUT2D eigenvalue weighted by atomic mass is 16.3. The molecule has 2 aromatic rings. The number of piperazine rings is 1. The summed E-state index contributed by atoms with van der Waals surface area (Å²) in [5, 5.41) is 11.0. The van der Waals surface area contributed by atoms with Crippen LogP contribution in [0.4, 0.5) is 0 Å². The number of aliphatic hydroxyl groups excluding tert-OH is 1. The summed E-state index contributed by atoms with van der Waals surface area (Å²) in [7, 11) is 0. The first-order chi connectivity index (χ1) is 11.7. The number of aromatic nitrogens is 1. The molecule has 2 fully saturated rings. The van der Waals surface area contributed by atoms with Crippen LogP contribution in [0.1, 0.15) is 29.6 Å². The van der Waals surface area contributed by atoms with E-state index in [2.05, 4.69) is 9.88 Å². The monoisotopic (exact) mass is 325 g/mol. The van der Waals surface area contributed by atoms with Crippen LogP contribution in [-0.2, 0) is 0 Å². The molecule has 1 aromatic carbocycles. The Balaban J connectivity index is 1.48. The first kappa shape index (κ1) is 15.5. The predicted octanol–water partition coefficient (Wildman–Crippen LogP) is 1.91. The molecule has 0 radical (unpaired) electrons. The van der Waals surface area contributed by atoms with E-state index in [1.54, 1.807) is 6.20 Å². The lowest BCUT2D eigenvalue weighted by atomic mass is 10.1. The van der Waals surface area contributed by atoms with E-state index in [-0.39, 0.29) is 18.1 Å². The van der Waals surface area contributed by atoms with Crippen molar-refractivity contribution in [1.82, 2.24) is 14.8 Å². The molecule has 24 heavy (non-hydrogen) atoms. The third-order valence-corrected chi connectivity index (χ3v) is 5.39. The van der Waals surface area contributed by atoms with Gasteiger partial charge in [0.15, 0.2) is 0 Å². The fraction of sp³-hybridized carbons (Fsp3) is 0.474. The molecule has 1 saturated carbocycles. The van der Waals surface area contributed by atoms with Crippen molar-refractivity contribution >= 4 is 16.8 Å². The van der Waals surface area contributed by atoms with Gasteiger partial charge >= 0.3 is 0 Å². The number of carbonyl (C=O) groups excluding carboxylic acids is 1. The minimum Gasteiger partial charge on any atom is -0.391 e. The number of aliphatic hydroxyl groups is 1. The molecule has 5 heteroatoms. The molecule has 126 valence electrons. The van der Waals surface area contributed by atoms with Gasteiger partial charge in [-0.25, -0.2) is 0 Å². The number of carbonyl (C=O) groups is 1. The standard InChI is InChI=1S/C19H23N3O2/c23-18-8-2-7-17(18)21-10-12-22(13-11-21)19(24)15-4-1-6-16-14(15)5-3-9-20-16/h1,3-6,9,17-18,23H,2,7-8,10-13H2/t17-,18+/m0/s1. The van der Waals surface area contributed by atoms with E-state index < -0.39 is 0 Å². The summed E-state index contributed by atoms with van der Waals surface area (Å²) >= 11 is 0. The summed E-state index contributed by atoms with van der Waals surface area (Å²) in [5.74, 6) is 0.0835. The second-order valence-corrected chi connectivity index (χ2v) is 6.77. The van der Waals surface area contributed by atoms with Crippen LogP contribution in [0.2, 0.25) is 0 Å². The number of rotatable bonds is 2. The van der Waals surface area contributed by atoms with E-state index in [9.17, 15) is 9.90 Å². The zero-order valence-corrected chi connectivity index (χ0v) is 13.8. The molecule has 1 saturated heterocycles. The van der Waals surface area contributed by atoms with Crippen LogP contribution < -0.4 is 0 Å². The number of benzene rings is 1. The number of amides is 1. The summed E-state index contributed by atoms with van der Waals surface area (Å²) in [5.41, 5.74) is 1.59. The topological polar surface area (TPSA) is 56.7 Å². The van der Waals surface area contributed by atoms with Crippen LogP contribution in [0.5, 0.6) is 0 Å². The summed E-state index contributed by atoms with van der Waals surface area (Å²) < 4.78 is 0. The van der Waals surface area contributed by atoms with Crippen molar-refractivity contribution in [3.8, 4) is 0 Å². The van der Waals surface area contributed by atoms with Crippen LogP contribution >= 0.6 is 0 Å². The molecule has 1 amide bonds. The molecule has 0 unspecified atom stereocenters. The van der Waals surface area contributed by atoms with E-state index in [0.717, 1.165) is 61.9 Å². The van der Waals surface area contributed by atoms with Gasteiger partial charge in [0.05, 0.1) is 11.6 Å². The third kappa shape index (κ3) is 2.78. The lowest BCUT2D eigenvalue weighted by molar-refractivity contribution is 0.0316. The molecule has 2 aliphatic rings. The van der Waals surface area contributed by atoms with Gasteiger partial charge in [0.1, 0.15) is 0 Å². The van der Waals surface area contributed by atoms with Crippen LogP contribution in [0.15, 0.2) is 36.5 Å². The van der Waals surface area contributed by atoms with Crippen molar-refractivity contribution in [3.05, 3.63) is 42.1 Å². The molecular formula is C19H23N3O2. The van der Waals surface area contributed by atoms with Crippen LogP contribution in [0.3, 0.4) is 0 Å². The maximum Gasteiger partial charge on any atom is 0.254 e. The van der Waals surface area contributed by atoms with Gasteiger partial charge in [0, 0.05) is 49.4 Å². The molecule has 1 N–H and O–H groups in total. The summed E-state index contributed by atoms with van der Waals surface area (Å²) in [6.07, 6.45) is 4.64. The maximum absolute atomic E-state index is 12.9. The zero-order chi connectivity index (χ0) is 16.5. The second-order valence-electron chi connectivity index (χ2n) is 6.77. The van der Waals surface area contributed by atoms with Crippen molar-refractivity contribution in [3.63, 3.8) is 0 Å². The highest BCUT2D eigenvalue weighted by Crippen LogP contribution is 2.26. The zero-order valence-electron chi connectivity index (χ0n) is 13.8.